The molecule has 1 aromatic heterocycles. The van der Waals surface area contributed by atoms with Gasteiger partial charge < -0.3 is 10.7 Å². The number of hydrogen-bond acceptors (Lipinski definition) is 2. The molecule has 5 heteroatoms. The van der Waals surface area contributed by atoms with Gasteiger partial charge in [-0.05, 0) is 19.1 Å². The summed E-state index contributed by atoms with van der Waals surface area (Å²) in [5, 5.41) is 0. The average molecular weight is 258 g/mol. The topological polar surface area (TPSA) is 54.7 Å². The molecule has 0 amide bonds. The molecule has 0 saturated heterocycles. The molecule has 3 nitrogen and oxygen atoms in total. The number of rotatable bonds is 1. The molecular formula is C9H9BrFN3. The van der Waals surface area contributed by atoms with E-state index in [0.29, 0.717) is 21.3 Å². The molecule has 0 radical (unpaired) electrons. The zero-order chi connectivity index (χ0) is 10.3. The van der Waals surface area contributed by atoms with Gasteiger partial charge in [0.25, 0.3) is 0 Å². The smallest absolute Gasteiger partial charge is 0.152 e. The SMILES string of the molecule is C[C@@H](N)c1nc2c(F)cc(Br)cc2[nH]1. The van der Waals surface area contributed by atoms with Crippen molar-refractivity contribution in [3.8, 4) is 0 Å². The predicted octanol–water partition coefficient (Wildman–Crippen LogP) is 2.48. The highest BCUT2D eigenvalue weighted by molar-refractivity contribution is 9.10. The molecular weight excluding hydrogens is 249 g/mol. The van der Waals surface area contributed by atoms with Gasteiger partial charge >= 0.3 is 0 Å². The van der Waals surface area contributed by atoms with Crippen LogP contribution in [-0.4, -0.2) is 9.97 Å². The van der Waals surface area contributed by atoms with Gasteiger partial charge in [0.1, 0.15) is 11.3 Å². The Morgan fingerprint density at radius 3 is 2.93 bits per heavy atom. The first kappa shape index (κ1) is 9.61. The summed E-state index contributed by atoms with van der Waals surface area (Å²) in [6.07, 6.45) is 0. The van der Waals surface area contributed by atoms with Crippen LogP contribution in [0.15, 0.2) is 16.6 Å². The summed E-state index contributed by atoms with van der Waals surface area (Å²) in [5.41, 5.74) is 6.63. The van der Waals surface area contributed by atoms with Gasteiger partial charge in [-0.3, -0.25) is 0 Å². The largest absolute Gasteiger partial charge is 0.341 e. The van der Waals surface area contributed by atoms with E-state index in [2.05, 4.69) is 25.9 Å². The quantitative estimate of drug-likeness (QED) is 0.825. The first-order valence-electron chi connectivity index (χ1n) is 4.18. The van der Waals surface area contributed by atoms with Gasteiger partial charge in [0.15, 0.2) is 5.82 Å². The number of aromatic nitrogens is 2. The van der Waals surface area contributed by atoms with Gasteiger partial charge in [-0.25, -0.2) is 9.37 Å². The van der Waals surface area contributed by atoms with E-state index in [9.17, 15) is 4.39 Å². The van der Waals surface area contributed by atoms with Crippen LogP contribution in [0.25, 0.3) is 11.0 Å². The van der Waals surface area contributed by atoms with E-state index < -0.39 is 0 Å². The number of nitrogens with one attached hydrogen (secondary N) is 1. The maximum absolute atomic E-state index is 13.4. The van der Waals surface area contributed by atoms with Crippen molar-refractivity contribution in [3.63, 3.8) is 0 Å². The first-order valence-corrected chi connectivity index (χ1v) is 4.97. The summed E-state index contributed by atoms with van der Waals surface area (Å²) >= 11 is 3.21. The van der Waals surface area contributed by atoms with Crippen molar-refractivity contribution in [2.45, 2.75) is 13.0 Å². The van der Waals surface area contributed by atoms with E-state index in [-0.39, 0.29) is 11.9 Å². The Morgan fingerprint density at radius 2 is 2.29 bits per heavy atom. The Labute approximate surface area is 88.6 Å². The fourth-order valence-corrected chi connectivity index (χ4v) is 1.71. The number of H-pyrrole nitrogens is 1. The fraction of sp³-hybridized carbons (Fsp3) is 0.222. The third-order valence-electron chi connectivity index (χ3n) is 1.95. The molecule has 0 aliphatic rings. The minimum Gasteiger partial charge on any atom is -0.341 e. The Hall–Kier alpha value is -0.940. The normalized spacial score (nSPS) is 13.4. The minimum atomic E-state index is -0.350. The summed E-state index contributed by atoms with van der Waals surface area (Å²) in [5.74, 6) is 0.245. The van der Waals surface area contributed by atoms with Crippen LogP contribution in [0.3, 0.4) is 0 Å². The van der Waals surface area contributed by atoms with Crippen LogP contribution in [-0.2, 0) is 0 Å². The van der Waals surface area contributed by atoms with Crippen molar-refractivity contribution in [3.05, 3.63) is 28.2 Å². The zero-order valence-electron chi connectivity index (χ0n) is 7.51. The molecule has 0 saturated carbocycles. The van der Waals surface area contributed by atoms with Crippen LogP contribution in [0, 0.1) is 5.82 Å². The number of benzene rings is 1. The van der Waals surface area contributed by atoms with Crippen LogP contribution in [0.4, 0.5) is 4.39 Å². The second kappa shape index (κ2) is 3.33. The molecule has 0 aliphatic heterocycles. The van der Waals surface area contributed by atoms with E-state index in [1.165, 1.54) is 6.07 Å². The number of halogens is 2. The van der Waals surface area contributed by atoms with Crippen LogP contribution in [0.2, 0.25) is 0 Å². The van der Waals surface area contributed by atoms with E-state index in [0.717, 1.165) is 0 Å². The summed E-state index contributed by atoms with van der Waals surface area (Å²) in [4.78, 5) is 7.05. The average Bonchev–Trinajstić information content (AvgIpc) is 2.47. The van der Waals surface area contributed by atoms with E-state index in [4.69, 9.17) is 5.73 Å². The number of nitrogens with two attached hydrogens (primary N) is 1. The Balaban J connectivity index is 2.70. The van der Waals surface area contributed by atoms with E-state index >= 15 is 0 Å². The van der Waals surface area contributed by atoms with Crippen molar-refractivity contribution in [2.24, 2.45) is 5.73 Å². The van der Waals surface area contributed by atoms with Gasteiger partial charge in [-0.1, -0.05) is 15.9 Å². The zero-order valence-corrected chi connectivity index (χ0v) is 9.10. The lowest BCUT2D eigenvalue weighted by Gasteiger charge is -1.96. The third-order valence-corrected chi connectivity index (χ3v) is 2.41. The minimum absolute atomic E-state index is 0.222. The third kappa shape index (κ3) is 1.53. The second-order valence-corrected chi connectivity index (χ2v) is 4.11. The van der Waals surface area contributed by atoms with Gasteiger partial charge in [0.05, 0.1) is 11.6 Å². The summed E-state index contributed by atoms with van der Waals surface area (Å²) in [7, 11) is 0. The molecule has 14 heavy (non-hydrogen) atoms. The number of aromatic amines is 1. The van der Waals surface area contributed by atoms with Crippen molar-refractivity contribution in [1.29, 1.82) is 0 Å². The predicted molar refractivity (Wildman–Crippen MR) is 56.4 cm³/mol. The number of hydrogen-bond donors (Lipinski definition) is 2. The van der Waals surface area contributed by atoms with Gasteiger partial charge in [0.2, 0.25) is 0 Å². The number of nitrogens with zero attached hydrogens (tertiary/aromatic N) is 1. The van der Waals surface area contributed by atoms with Crippen LogP contribution in [0.5, 0.6) is 0 Å². The molecule has 74 valence electrons. The molecule has 1 aromatic carbocycles. The molecule has 0 unspecified atom stereocenters. The Morgan fingerprint density at radius 1 is 1.57 bits per heavy atom. The highest BCUT2D eigenvalue weighted by atomic mass is 79.9. The van der Waals surface area contributed by atoms with Gasteiger partial charge in [-0.2, -0.15) is 0 Å². The molecule has 3 N–H and O–H groups in total. The van der Waals surface area contributed by atoms with E-state index in [1.54, 1.807) is 13.0 Å². The summed E-state index contributed by atoms with van der Waals surface area (Å²) in [6.45, 7) is 1.80. The summed E-state index contributed by atoms with van der Waals surface area (Å²) < 4.78 is 14.1. The molecule has 2 rings (SSSR count). The number of fused-ring (bicyclic) bond motifs is 1. The lowest BCUT2D eigenvalue weighted by Crippen LogP contribution is -2.06. The Kier molecular flexibility index (Phi) is 2.28. The molecule has 0 aliphatic carbocycles. The highest BCUT2D eigenvalue weighted by Gasteiger charge is 2.10. The van der Waals surface area contributed by atoms with E-state index in [1.807, 2.05) is 0 Å². The molecule has 0 bridgehead atoms. The van der Waals surface area contributed by atoms with Gasteiger partial charge in [0, 0.05) is 4.47 Å². The molecule has 2 aromatic rings. The lowest BCUT2D eigenvalue weighted by atomic mass is 10.3. The van der Waals surface area contributed by atoms with Crippen LogP contribution < -0.4 is 5.73 Å². The fourth-order valence-electron chi connectivity index (χ4n) is 1.28. The Bertz CT molecular complexity index is 478. The monoisotopic (exact) mass is 257 g/mol. The lowest BCUT2D eigenvalue weighted by molar-refractivity contribution is 0.635. The second-order valence-electron chi connectivity index (χ2n) is 3.19. The molecule has 0 fully saturated rings. The molecule has 1 heterocycles. The van der Waals surface area contributed by atoms with Gasteiger partial charge in [-0.15, -0.1) is 0 Å². The maximum Gasteiger partial charge on any atom is 0.152 e. The van der Waals surface area contributed by atoms with Crippen molar-refractivity contribution in [2.75, 3.05) is 0 Å². The van der Waals surface area contributed by atoms with Crippen LogP contribution in [0.1, 0.15) is 18.8 Å². The summed E-state index contributed by atoms with van der Waals surface area (Å²) in [6, 6.07) is 2.94. The standard InChI is InChI=1S/C9H9BrFN3/c1-4(12)9-13-7-3-5(10)2-6(11)8(7)14-9/h2-4H,12H2,1H3,(H,13,14)/t4-/m1/s1. The molecule has 1 atom stereocenters. The first-order chi connectivity index (χ1) is 6.58. The van der Waals surface area contributed by atoms with Crippen molar-refractivity contribution in [1.82, 2.24) is 9.97 Å². The maximum atomic E-state index is 13.4. The highest BCUT2D eigenvalue weighted by Crippen LogP contribution is 2.22. The van der Waals surface area contributed by atoms with Crippen molar-refractivity contribution < 1.29 is 4.39 Å². The number of imidazole rings is 1. The van der Waals surface area contributed by atoms with Crippen molar-refractivity contribution >= 4 is 27.0 Å². The molecule has 0 spiro atoms. The van der Waals surface area contributed by atoms with Crippen LogP contribution >= 0.6 is 15.9 Å².